The van der Waals surface area contributed by atoms with Crippen molar-refractivity contribution in [2.45, 2.75) is 6.92 Å². The molecule has 0 aliphatic carbocycles. The molecular formula is C17H12BrF2N3O. The highest BCUT2D eigenvalue weighted by Gasteiger charge is 2.16. The lowest BCUT2D eigenvalue weighted by atomic mass is 10.2. The number of hydrogen-bond acceptors (Lipinski definition) is 2. The average Bonchev–Trinajstić information content (AvgIpc) is 2.92. The molecule has 3 aromatic rings. The van der Waals surface area contributed by atoms with Gasteiger partial charge in [0, 0.05) is 10.5 Å². The lowest BCUT2D eigenvalue weighted by Crippen LogP contribution is -2.14. The molecule has 0 bridgehead atoms. The Morgan fingerprint density at radius 1 is 1.17 bits per heavy atom. The fourth-order valence-electron chi connectivity index (χ4n) is 2.26. The van der Waals surface area contributed by atoms with E-state index < -0.39 is 17.5 Å². The predicted octanol–water partition coefficient (Wildman–Crippen LogP) is 4.47. The van der Waals surface area contributed by atoms with Crippen LogP contribution in [0.5, 0.6) is 0 Å². The van der Waals surface area contributed by atoms with Crippen molar-refractivity contribution in [2.24, 2.45) is 0 Å². The maximum absolute atomic E-state index is 13.7. The molecule has 24 heavy (non-hydrogen) atoms. The minimum absolute atomic E-state index is 0.0859. The number of nitrogens with zero attached hydrogens (tertiary/aromatic N) is 2. The second-order valence-corrected chi connectivity index (χ2v) is 6.03. The Labute approximate surface area is 145 Å². The number of carbonyl (C=O) groups excluding carboxylic acids is 1. The third-order valence-electron chi connectivity index (χ3n) is 3.50. The third kappa shape index (κ3) is 3.21. The minimum Gasteiger partial charge on any atom is -0.319 e. The van der Waals surface area contributed by atoms with Crippen molar-refractivity contribution in [3.05, 3.63) is 76.0 Å². The van der Waals surface area contributed by atoms with E-state index in [0.29, 0.717) is 17.3 Å². The van der Waals surface area contributed by atoms with Gasteiger partial charge in [-0.25, -0.2) is 13.5 Å². The Morgan fingerprint density at radius 3 is 2.54 bits per heavy atom. The predicted molar refractivity (Wildman–Crippen MR) is 90.3 cm³/mol. The molecule has 0 aliphatic heterocycles. The standard InChI is InChI=1S/C17H12BrF2N3O/c1-10-14(9-21-23(10)13-5-2-11(18)3-6-13)17(24)22-16-7-4-12(19)8-15(16)20/h2-9H,1H3,(H,22,24). The molecule has 122 valence electrons. The normalized spacial score (nSPS) is 10.7. The van der Waals surface area contributed by atoms with Crippen LogP contribution in [0.1, 0.15) is 16.1 Å². The Kier molecular flexibility index (Phi) is 4.44. The van der Waals surface area contributed by atoms with Crippen molar-refractivity contribution in [3.63, 3.8) is 0 Å². The van der Waals surface area contributed by atoms with Crippen LogP contribution in [0.3, 0.4) is 0 Å². The number of anilines is 1. The van der Waals surface area contributed by atoms with Crippen molar-refractivity contribution in [1.82, 2.24) is 9.78 Å². The van der Waals surface area contributed by atoms with Gasteiger partial charge in [-0.2, -0.15) is 5.10 Å². The molecular weight excluding hydrogens is 380 g/mol. The van der Waals surface area contributed by atoms with Crippen molar-refractivity contribution >= 4 is 27.5 Å². The molecule has 1 aromatic heterocycles. The van der Waals surface area contributed by atoms with E-state index in [1.807, 2.05) is 24.3 Å². The summed E-state index contributed by atoms with van der Waals surface area (Å²) in [6, 6.07) is 10.4. The Balaban J connectivity index is 1.87. The second kappa shape index (κ2) is 6.52. The topological polar surface area (TPSA) is 46.9 Å². The molecule has 1 amide bonds. The summed E-state index contributed by atoms with van der Waals surface area (Å²) in [6.45, 7) is 1.74. The summed E-state index contributed by atoms with van der Waals surface area (Å²) in [5.74, 6) is -2.05. The zero-order valence-corrected chi connectivity index (χ0v) is 14.1. The van der Waals surface area contributed by atoms with Crippen LogP contribution < -0.4 is 5.32 Å². The molecule has 4 nitrogen and oxygen atoms in total. The van der Waals surface area contributed by atoms with Gasteiger partial charge in [-0.15, -0.1) is 0 Å². The van der Waals surface area contributed by atoms with Crippen LogP contribution in [0, 0.1) is 18.6 Å². The SMILES string of the molecule is Cc1c(C(=O)Nc2ccc(F)cc2F)cnn1-c1ccc(Br)cc1. The lowest BCUT2D eigenvalue weighted by molar-refractivity contribution is 0.102. The van der Waals surface area contributed by atoms with Crippen molar-refractivity contribution in [2.75, 3.05) is 5.32 Å². The Morgan fingerprint density at radius 2 is 1.88 bits per heavy atom. The third-order valence-corrected chi connectivity index (χ3v) is 4.03. The summed E-state index contributed by atoms with van der Waals surface area (Å²) in [4.78, 5) is 12.3. The largest absolute Gasteiger partial charge is 0.319 e. The van der Waals surface area contributed by atoms with Gasteiger partial charge in [0.25, 0.3) is 5.91 Å². The van der Waals surface area contributed by atoms with Gasteiger partial charge in [0.1, 0.15) is 11.6 Å². The molecule has 0 saturated heterocycles. The number of aromatic nitrogens is 2. The quantitative estimate of drug-likeness (QED) is 0.715. The van der Waals surface area contributed by atoms with E-state index >= 15 is 0 Å². The minimum atomic E-state index is -0.832. The Bertz CT molecular complexity index is 907. The molecule has 0 aliphatic rings. The van der Waals surface area contributed by atoms with E-state index in [1.54, 1.807) is 11.6 Å². The highest BCUT2D eigenvalue weighted by Crippen LogP contribution is 2.20. The summed E-state index contributed by atoms with van der Waals surface area (Å²) in [7, 11) is 0. The number of carbonyl (C=O) groups is 1. The molecule has 2 aromatic carbocycles. The van der Waals surface area contributed by atoms with Gasteiger partial charge in [0.05, 0.1) is 28.8 Å². The van der Waals surface area contributed by atoms with E-state index in [9.17, 15) is 13.6 Å². The molecule has 7 heteroatoms. The number of nitrogens with one attached hydrogen (secondary N) is 1. The molecule has 1 heterocycles. The molecule has 0 fully saturated rings. The summed E-state index contributed by atoms with van der Waals surface area (Å²) < 4.78 is 29.1. The van der Waals surface area contributed by atoms with Crippen LogP contribution in [-0.2, 0) is 0 Å². The summed E-state index contributed by atoms with van der Waals surface area (Å²) >= 11 is 3.36. The Hall–Kier alpha value is -2.54. The first kappa shape index (κ1) is 16.3. The van der Waals surface area contributed by atoms with E-state index in [0.717, 1.165) is 16.2 Å². The maximum Gasteiger partial charge on any atom is 0.259 e. The number of amides is 1. The van der Waals surface area contributed by atoms with Crippen LogP contribution in [0.25, 0.3) is 5.69 Å². The van der Waals surface area contributed by atoms with Crippen LogP contribution in [0.15, 0.2) is 53.1 Å². The summed E-state index contributed by atoms with van der Waals surface area (Å²) in [6.07, 6.45) is 1.41. The highest BCUT2D eigenvalue weighted by atomic mass is 79.9. The molecule has 0 spiro atoms. The van der Waals surface area contributed by atoms with Crippen LogP contribution >= 0.6 is 15.9 Å². The second-order valence-electron chi connectivity index (χ2n) is 5.11. The number of benzene rings is 2. The molecule has 0 atom stereocenters. The summed E-state index contributed by atoms with van der Waals surface area (Å²) in [5.41, 5.74) is 1.62. The van der Waals surface area contributed by atoms with Gasteiger partial charge in [-0.3, -0.25) is 4.79 Å². The monoisotopic (exact) mass is 391 g/mol. The van der Waals surface area contributed by atoms with E-state index in [4.69, 9.17) is 0 Å². The van der Waals surface area contributed by atoms with Crippen LogP contribution in [-0.4, -0.2) is 15.7 Å². The van der Waals surface area contributed by atoms with Gasteiger partial charge >= 0.3 is 0 Å². The van der Waals surface area contributed by atoms with Crippen molar-refractivity contribution in [1.29, 1.82) is 0 Å². The van der Waals surface area contributed by atoms with Crippen LogP contribution in [0.2, 0.25) is 0 Å². The first-order valence-corrected chi connectivity index (χ1v) is 7.82. The maximum atomic E-state index is 13.7. The van der Waals surface area contributed by atoms with Gasteiger partial charge in [0.15, 0.2) is 0 Å². The van der Waals surface area contributed by atoms with Gasteiger partial charge in [0.2, 0.25) is 0 Å². The number of halogens is 3. The van der Waals surface area contributed by atoms with E-state index in [2.05, 4.69) is 26.3 Å². The fraction of sp³-hybridized carbons (Fsp3) is 0.0588. The summed E-state index contributed by atoms with van der Waals surface area (Å²) in [5, 5.41) is 6.63. The number of rotatable bonds is 3. The molecule has 0 radical (unpaired) electrons. The zero-order valence-electron chi connectivity index (χ0n) is 12.6. The lowest BCUT2D eigenvalue weighted by Gasteiger charge is -2.07. The van der Waals surface area contributed by atoms with Gasteiger partial charge in [-0.05, 0) is 43.3 Å². The molecule has 0 unspecified atom stereocenters. The van der Waals surface area contributed by atoms with E-state index in [-0.39, 0.29) is 5.69 Å². The van der Waals surface area contributed by atoms with Crippen molar-refractivity contribution < 1.29 is 13.6 Å². The first-order valence-electron chi connectivity index (χ1n) is 7.02. The molecule has 0 saturated carbocycles. The highest BCUT2D eigenvalue weighted by molar-refractivity contribution is 9.10. The zero-order chi connectivity index (χ0) is 17.3. The fourth-order valence-corrected chi connectivity index (χ4v) is 2.52. The smallest absolute Gasteiger partial charge is 0.259 e. The van der Waals surface area contributed by atoms with Gasteiger partial charge in [-0.1, -0.05) is 15.9 Å². The van der Waals surface area contributed by atoms with Crippen LogP contribution in [0.4, 0.5) is 14.5 Å². The first-order chi connectivity index (χ1) is 11.5. The van der Waals surface area contributed by atoms with Gasteiger partial charge < -0.3 is 5.32 Å². The van der Waals surface area contributed by atoms with E-state index in [1.165, 1.54) is 12.3 Å². The van der Waals surface area contributed by atoms with Crippen molar-refractivity contribution in [3.8, 4) is 5.69 Å². The molecule has 1 N–H and O–H groups in total. The molecule has 3 rings (SSSR count). The number of hydrogen-bond donors (Lipinski definition) is 1. The average molecular weight is 392 g/mol.